The first kappa shape index (κ1) is 21.0. The van der Waals surface area contributed by atoms with Crippen LogP contribution in [0.2, 0.25) is 0 Å². The third-order valence-corrected chi connectivity index (χ3v) is 9.79. The van der Waals surface area contributed by atoms with Crippen LogP contribution in [0.25, 0.3) is 10.8 Å². The second kappa shape index (κ2) is 7.75. The van der Waals surface area contributed by atoms with Crippen LogP contribution < -0.4 is 0 Å². The minimum Gasteiger partial charge on any atom is -0.299 e. The first-order valence-electron chi connectivity index (χ1n) is 11.7. The van der Waals surface area contributed by atoms with E-state index in [2.05, 4.69) is 17.1 Å². The molecule has 2 bridgehead atoms. The zero-order valence-corrected chi connectivity index (χ0v) is 19.2. The topological polar surface area (TPSA) is 78.0 Å². The molecule has 6 rings (SSSR count). The van der Waals surface area contributed by atoms with Gasteiger partial charge in [-0.25, -0.2) is 8.42 Å². The summed E-state index contributed by atoms with van der Waals surface area (Å²) >= 11 is 0. The highest BCUT2D eigenvalue weighted by Crippen LogP contribution is 2.52. The Morgan fingerprint density at radius 2 is 1.42 bits per heavy atom. The van der Waals surface area contributed by atoms with E-state index in [4.69, 9.17) is 0 Å². The highest BCUT2D eigenvalue weighted by Gasteiger charge is 2.59. The number of allylic oxidation sites excluding steroid dienone is 2. The number of nitrogens with zero attached hydrogens (tertiary/aromatic N) is 3. The number of amides is 2. The van der Waals surface area contributed by atoms with Crippen molar-refractivity contribution < 1.29 is 18.0 Å². The molecule has 4 aliphatic rings. The number of likely N-dealkylation sites (tertiary alicyclic amines) is 1. The van der Waals surface area contributed by atoms with Crippen molar-refractivity contribution in [3.8, 4) is 0 Å². The molecule has 2 aliphatic heterocycles. The van der Waals surface area contributed by atoms with Gasteiger partial charge in [-0.15, -0.1) is 0 Å². The maximum Gasteiger partial charge on any atom is 0.243 e. The summed E-state index contributed by atoms with van der Waals surface area (Å²) in [5, 5.41) is 1.92. The molecule has 2 heterocycles. The van der Waals surface area contributed by atoms with Gasteiger partial charge in [0.2, 0.25) is 21.8 Å². The Balaban J connectivity index is 1.07. The van der Waals surface area contributed by atoms with E-state index in [1.807, 2.05) is 30.3 Å². The van der Waals surface area contributed by atoms with Gasteiger partial charge in [0.05, 0.1) is 16.7 Å². The Bertz CT molecular complexity index is 1240. The molecule has 2 aliphatic carbocycles. The molecule has 0 radical (unpaired) electrons. The fraction of sp³-hybridized carbons (Fsp3) is 0.440. The van der Waals surface area contributed by atoms with Crippen molar-refractivity contribution in [1.29, 1.82) is 0 Å². The van der Waals surface area contributed by atoms with Crippen molar-refractivity contribution in [2.24, 2.45) is 23.7 Å². The summed E-state index contributed by atoms with van der Waals surface area (Å²) in [6.07, 6.45) is 5.15. The van der Waals surface area contributed by atoms with Crippen LogP contribution in [-0.2, 0) is 19.6 Å². The molecule has 2 amide bonds. The van der Waals surface area contributed by atoms with Crippen molar-refractivity contribution in [1.82, 2.24) is 14.1 Å². The molecule has 7 nitrogen and oxygen atoms in total. The molecule has 0 unspecified atom stereocenters. The number of carbonyl (C=O) groups excluding carboxylic acids is 2. The van der Waals surface area contributed by atoms with Gasteiger partial charge < -0.3 is 0 Å². The predicted octanol–water partition coefficient (Wildman–Crippen LogP) is 1.95. The molecule has 2 aromatic rings. The summed E-state index contributed by atoms with van der Waals surface area (Å²) in [6, 6.07) is 13.0. The molecule has 0 spiro atoms. The van der Waals surface area contributed by atoms with Crippen LogP contribution in [0.3, 0.4) is 0 Å². The summed E-state index contributed by atoms with van der Waals surface area (Å²) in [6.45, 7) is 2.95. The van der Waals surface area contributed by atoms with Crippen LogP contribution in [0.1, 0.15) is 6.42 Å². The zero-order chi connectivity index (χ0) is 22.7. The maximum absolute atomic E-state index is 13.2. The lowest BCUT2D eigenvalue weighted by molar-refractivity contribution is -0.140. The van der Waals surface area contributed by atoms with Crippen molar-refractivity contribution in [3.05, 3.63) is 54.6 Å². The first-order valence-corrected chi connectivity index (χ1v) is 13.1. The quantitative estimate of drug-likeness (QED) is 0.498. The van der Waals surface area contributed by atoms with Crippen LogP contribution in [0.15, 0.2) is 59.5 Å². The molecule has 2 saturated heterocycles. The Morgan fingerprint density at radius 3 is 2.09 bits per heavy atom. The lowest BCUT2D eigenvalue weighted by Gasteiger charge is -2.34. The molecule has 8 heteroatoms. The number of rotatable bonds is 5. The lowest BCUT2D eigenvalue weighted by atomic mass is 9.85. The molecule has 172 valence electrons. The summed E-state index contributed by atoms with van der Waals surface area (Å²) in [4.78, 5) is 29.6. The average molecular weight is 466 g/mol. The van der Waals surface area contributed by atoms with Gasteiger partial charge >= 0.3 is 0 Å². The lowest BCUT2D eigenvalue weighted by Crippen LogP contribution is -2.50. The standard InChI is InChI=1S/C25H27N3O4S/c29-24-22-19-5-6-20(15-19)23(22)25(30)28(24)14-11-26-9-12-27(13-10-26)33(31,32)21-8-7-17-3-1-2-4-18(17)16-21/h1-8,16,19-20,22-23H,9-15H2/t19-,20-,22+,23+/m0/s1. The molecule has 1 saturated carbocycles. The summed E-state index contributed by atoms with van der Waals surface area (Å²) in [7, 11) is -3.56. The maximum atomic E-state index is 13.2. The number of hydrogen-bond donors (Lipinski definition) is 0. The van der Waals surface area contributed by atoms with E-state index in [0.717, 1.165) is 17.2 Å². The monoisotopic (exact) mass is 465 g/mol. The van der Waals surface area contributed by atoms with Crippen molar-refractivity contribution in [2.45, 2.75) is 11.3 Å². The number of carbonyl (C=O) groups is 2. The molecule has 33 heavy (non-hydrogen) atoms. The molecular formula is C25H27N3O4S. The minimum absolute atomic E-state index is 0.0145. The van der Waals surface area contributed by atoms with Crippen LogP contribution in [0.4, 0.5) is 0 Å². The SMILES string of the molecule is O=C1[C@H]2[C@H](C(=O)N1CCN1CCN(S(=O)(=O)c3ccc4ccccc4c3)CC1)[C@H]1C=C[C@H]2C1. The highest BCUT2D eigenvalue weighted by molar-refractivity contribution is 7.89. The fourth-order valence-electron chi connectivity index (χ4n) is 6.10. The molecule has 0 N–H and O–H groups in total. The van der Waals surface area contributed by atoms with E-state index in [0.29, 0.717) is 44.2 Å². The molecule has 2 aromatic carbocycles. The Hall–Kier alpha value is -2.55. The van der Waals surface area contributed by atoms with E-state index in [1.54, 1.807) is 12.1 Å². The van der Waals surface area contributed by atoms with Crippen LogP contribution in [0, 0.1) is 23.7 Å². The molecular weight excluding hydrogens is 438 g/mol. The van der Waals surface area contributed by atoms with E-state index in [1.165, 1.54) is 9.21 Å². The zero-order valence-electron chi connectivity index (χ0n) is 18.3. The minimum atomic E-state index is -3.56. The molecule has 3 fully saturated rings. The van der Waals surface area contributed by atoms with E-state index in [-0.39, 0.29) is 35.5 Å². The van der Waals surface area contributed by atoms with E-state index in [9.17, 15) is 18.0 Å². The number of hydrogen-bond acceptors (Lipinski definition) is 5. The Labute approximate surface area is 193 Å². The summed E-state index contributed by atoms with van der Waals surface area (Å²) < 4.78 is 27.9. The summed E-state index contributed by atoms with van der Waals surface area (Å²) in [5.41, 5.74) is 0. The number of piperazine rings is 1. The number of imide groups is 1. The first-order chi connectivity index (χ1) is 15.9. The van der Waals surface area contributed by atoms with Crippen molar-refractivity contribution >= 4 is 32.6 Å². The average Bonchev–Trinajstić information content (AvgIpc) is 3.52. The van der Waals surface area contributed by atoms with Gasteiger partial charge in [-0.2, -0.15) is 4.31 Å². The number of benzene rings is 2. The van der Waals surface area contributed by atoms with Crippen LogP contribution >= 0.6 is 0 Å². The highest BCUT2D eigenvalue weighted by atomic mass is 32.2. The van der Waals surface area contributed by atoms with Gasteiger partial charge in [-0.3, -0.25) is 19.4 Å². The van der Waals surface area contributed by atoms with Crippen molar-refractivity contribution in [2.75, 3.05) is 39.3 Å². The molecule has 4 atom stereocenters. The second-order valence-electron chi connectivity index (χ2n) is 9.58. The second-order valence-corrected chi connectivity index (χ2v) is 11.5. The summed E-state index contributed by atoms with van der Waals surface area (Å²) in [5.74, 6) is 0.113. The van der Waals surface area contributed by atoms with Gasteiger partial charge in [0.1, 0.15) is 0 Å². The predicted molar refractivity (Wildman–Crippen MR) is 124 cm³/mol. The van der Waals surface area contributed by atoms with E-state index < -0.39 is 10.0 Å². The van der Waals surface area contributed by atoms with Gasteiger partial charge in [0.15, 0.2) is 0 Å². The van der Waals surface area contributed by atoms with E-state index >= 15 is 0 Å². The van der Waals surface area contributed by atoms with Gasteiger partial charge in [-0.05, 0) is 41.2 Å². The number of sulfonamides is 1. The van der Waals surface area contributed by atoms with Gasteiger partial charge in [-0.1, -0.05) is 42.5 Å². The van der Waals surface area contributed by atoms with Crippen LogP contribution in [-0.4, -0.2) is 73.6 Å². The normalized spacial score (nSPS) is 30.0. The fourth-order valence-corrected chi connectivity index (χ4v) is 7.55. The van der Waals surface area contributed by atoms with Gasteiger partial charge in [0.25, 0.3) is 0 Å². The third-order valence-electron chi connectivity index (χ3n) is 7.89. The van der Waals surface area contributed by atoms with Gasteiger partial charge in [0, 0.05) is 39.3 Å². The van der Waals surface area contributed by atoms with Crippen molar-refractivity contribution in [3.63, 3.8) is 0 Å². The Kier molecular flexibility index (Phi) is 4.94. The molecule has 0 aromatic heterocycles. The van der Waals surface area contributed by atoms with Crippen LogP contribution in [0.5, 0.6) is 0 Å². The third kappa shape index (κ3) is 3.34. The smallest absolute Gasteiger partial charge is 0.243 e. The Morgan fingerprint density at radius 1 is 0.788 bits per heavy atom. The number of fused-ring (bicyclic) bond motifs is 6. The largest absolute Gasteiger partial charge is 0.299 e.